The Morgan fingerprint density at radius 1 is 1.05 bits per heavy atom. The maximum Gasteiger partial charge on any atom is 0.316 e. The molecule has 5 heterocycles. The molecule has 7 aliphatic rings. The lowest BCUT2D eigenvalue weighted by Gasteiger charge is -2.48. The van der Waals surface area contributed by atoms with E-state index in [2.05, 4.69) is 39.8 Å². The van der Waals surface area contributed by atoms with Crippen molar-refractivity contribution in [1.82, 2.24) is 0 Å². The van der Waals surface area contributed by atoms with E-state index in [-0.39, 0.29) is 48.5 Å². The van der Waals surface area contributed by atoms with Gasteiger partial charge in [0.25, 0.3) is 0 Å². The molecule has 0 amide bonds. The number of hydrogen-bond donors (Lipinski definition) is 2. The molecule has 0 radical (unpaired) electrons. The van der Waals surface area contributed by atoms with Gasteiger partial charge in [0.05, 0.1) is 36.9 Å². The Hall–Kier alpha value is -2.68. The zero-order valence-electron chi connectivity index (χ0n) is 34.8. The summed E-state index contributed by atoms with van der Waals surface area (Å²) in [6.07, 6.45) is 12.1. The van der Waals surface area contributed by atoms with Gasteiger partial charge in [0.2, 0.25) is 0 Å². The van der Waals surface area contributed by atoms with Crippen LogP contribution >= 0.6 is 0 Å². The van der Waals surface area contributed by atoms with Gasteiger partial charge in [-0.1, -0.05) is 70.6 Å². The number of aliphatic hydroxyl groups is 2. The van der Waals surface area contributed by atoms with Crippen molar-refractivity contribution in [3.05, 3.63) is 59.3 Å². The monoisotopic (exact) mass is 796 g/mol. The van der Waals surface area contributed by atoms with Crippen LogP contribution in [0.1, 0.15) is 93.4 Å². The summed E-state index contributed by atoms with van der Waals surface area (Å²) in [5.41, 5.74) is 0.149. The first kappa shape index (κ1) is 42.4. The highest BCUT2D eigenvalue weighted by Gasteiger charge is 2.60. The summed E-state index contributed by atoms with van der Waals surface area (Å²) in [4.78, 5) is 26.9. The van der Waals surface area contributed by atoms with Crippen LogP contribution in [0.2, 0.25) is 0 Å². The number of rotatable bonds is 7. The molecule has 316 valence electrons. The van der Waals surface area contributed by atoms with Gasteiger partial charge in [-0.25, -0.2) is 0 Å². The molecule has 2 N–H and O–H groups in total. The van der Waals surface area contributed by atoms with Gasteiger partial charge in [0, 0.05) is 38.2 Å². The fourth-order valence-corrected chi connectivity index (χ4v) is 9.58. The summed E-state index contributed by atoms with van der Waals surface area (Å²) in [7, 11) is 1.62. The third-order valence-electron chi connectivity index (χ3n) is 13.4. The lowest BCUT2D eigenvalue weighted by Crippen LogP contribution is -2.58. The van der Waals surface area contributed by atoms with E-state index in [0.29, 0.717) is 36.8 Å². The van der Waals surface area contributed by atoms with Crippen LogP contribution in [0.25, 0.3) is 0 Å². The summed E-state index contributed by atoms with van der Waals surface area (Å²) >= 11 is 0. The average molecular weight is 797 g/mol. The number of hydrogen-bond acceptors (Lipinski definition) is 12. The minimum Gasteiger partial charge on any atom is -0.462 e. The topological polar surface area (TPSA) is 148 Å². The molecule has 5 unspecified atom stereocenters. The largest absolute Gasteiger partial charge is 0.462 e. The van der Waals surface area contributed by atoms with Crippen LogP contribution in [0.3, 0.4) is 0 Å². The first-order valence-electron chi connectivity index (χ1n) is 21.2. The SMILES string of the molecule is CC[C@H](C)[C@H]1OC2(C=C[C@@H]1C)C[C@@H]1C[C@@H](CC=C(C)[C@@H](OC3CC(OC)C(OC(=O)C4CC4)C(C)O3)[C@@H](C)C=CC=C3CO[C@@H]4[C@H](O)C(C)=C[C@@H](C(=O)O1)[C@]34O)O2. The molecule has 0 aromatic carbocycles. The highest BCUT2D eigenvalue weighted by Crippen LogP contribution is 2.47. The molecule has 1 saturated carbocycles. The number of allylic oxidation sites excluding steroid dienone is 2. The van der Waals surface area contributed by atoms with Gasteiger partial charge in [-0.3, -0.25) is 9.59 Å². The van der Waals surface area contributed by atoms with Gasteiger partial charge >= 0.3 is 11.9 Å². The van der Waals surface area contributed by atoms with Gasteiger partial charge in [-0.15, -0.1) is 0 Å². The number of methoxy groups -OCH3 is 1. The van der Waals surface area contributed by atoms with E-state index >= 15 is 0 Å². The van der Waals surface area contributed by atoms with Crippen molar-refractivity contribution in [3.8, 4) is 0 Å². The van der Waals surface area contributed by atoms with Crippen LogP contribution in [0.15, 0.2) is 59.3 Å². The van der Waals surface area contributed by atoms with Gasteiger partial charge in [0.15, 0.2) is 18.2 Å². The van der Waals surface area contributed by atoms with Crippen LogP contribution in [0, 0.1) is 29.6 Å². The van der Waals surface area contributed by atoms with Crippen LogP contribution < -0.4 is 0 Å². The molecule has 12 heteroatoms. The number of ether oxygens (including phenoxy) is 8. The van der Waals surface area contributed by atoms with Gasteiger partial charge < -0.3 is 48.1 Å². The van der Waals surface area contributed by atoms with Crippen molar-refractivity contribution >= 4 is 11.9 Å². The second-order valence-electron chi connectivity index (χ2n) is 17.8. The van der Waals surface area contributed by atoms with Crippen molar-refractivity contribution in [1.29, 1.82) is 0 Å². The summed E-state index contributed by atoms with van der Waals surface area (Å²) in [6.45, 7) is 14.2. The van der Waals surface area contributed by atoms with Gasteiger partial charge in [-0.05, 0) is 68.7 Å². The van der Waals surface area contributed by atoms with E-state index in [1.165, 1.54) is 0 Å². The van der Waals surface area contributed by atoms with Crippen molar-refractivity contribution < 1.29 is 57.7 Å². The fourth-order valence-electron chi connectivity index (χ4n) is 9.58. The summed E-state index contributed by atoms with van der Waals surface area (Å²) < 4.78 is 51.0. The van der Waals surface area contributed by atoms with Crippen LogP contribution in [0.5, 0.6) is 0 Å². The fraction of sp³-hybridized carbons (Fsp3) is 0.733. The summed E-state index contributed by atoms with van der Waals surface area (Å²) in [5.74, 6) is -2.76. The molecule has 1 spiro atoms. The van der Waals surface area contributed by atoms with E-state index in [1.807, 2.05) is 32.1 Å². The lowest BCUT2D eigenvalue weighted by molar-refractivity contribution is -0.300. The highest BCUT2D eigenvalue weighted by molar-refractivity contribution is 5.78. The molecule has 16 atom stereocenters. The zero-order chi connectivity index (χ0) is 40.8. The number of fused-ring (bicyclic) bond motifs is 2. The molecule has 2 aliphatic carbocycles. The molecular formula is C45H64O12. The minimum atomic E-state index is -1.83. The van der Waals surface area contributed by atoms with E-state index in [9.17, 15) is 19.8 Å². The Kier molecular flexibility index (Phi) is 12.8. The molecule has 0 aromatic rings. The average Bonchev–Trinajstić information content (AvgIpc) is 3.98. The van der Waals surface area contributed by atoms with Crippen molar-refractivity contribution in [2.45, 2.75) is 166 Å². The molecule has 5 aliphatic heterocycles. The predicted molar refractivity (Wildman–Crippen MR) is 209 cm³/mol. The Balaban J connectivity index is 1.22. The number of esters is 2. The Morgan fingerprint density at radius 2 is 1.82 bits per heavy atom. The third kappa shape index (κ3) is 8.66. The highest BCUT2D eigenvalue weighted by atomic mass is 16.7. The quantitative estimate of drug-likeness (QED) is 0.237. The molecule has 3 saturated heterocycles. The lowest BCUT2D eigenvalue weighted by atomic mass is 9.71. The van der Waals surface area contributed by atoms with E-state index in [4.69, 9.17) is 37.9 Å². The maximum absolute atomic E-state index is 14.3. The first-order chi connectivity index (χ1) is 27.2. The zero-order valence-corrected chi connectivity index (χ0v) is 34.8. The molecule has 2 bridgehead atoms. The minimum absolute atomic E-state index is 0.0366. The van der Waals surface area contributed by atoms with E-state index < -0.39 is 72.3 Å². The third-order valence-corrected chi connectivity index (χ3v) is 13.4. The first-order valence-corrected chi connectivity index (χ1v) is 21.2. The number of carbonyl (C=O) groups excluding carboxylic acids is 2. The Morgan fingerprint density at radius 3 is 2.54 bits per heavy atom. The van der Waals surface area contributed by atoms with Crippen molar-refractivity contribution in [2.24, 2.45) is 29.6 Å². The van der Waals surface area contributed by atoms with Crippen molar-refractivity contribution in [3.63, 3.8) is 0 Å². The molecule has 57 heavy (non-hydrogen) atoms. The molecular weight excluding hydrogens is 732 g/mol. The van der Waals surface area contributed by atoms with Crippen LogP contribution in [-0.2, 0) is 47.5 Å². The van der Waals surface area contributed by atoms with Crippen LogP contribution in [-0.4, -0.2) is 108 Å². The molecule has 12 nitrogen and oxygen atoms in total. The summed E-state index contributed by atoms with van der Waals surface area (Å²) in [5, 5.41) is 23.6. The number of carbonyl (C=O) groups is 2. The van der Waals surface area contributed by atoms with E-state index in [0.717, 1.165) is 24.8 Å². The Labute approximate surface area is 337 Å². The Bertz CT molecular complexity index is 1650. The smallest absolute Gasteiger partial charge is 0.316 e. The predicted octanol–water partition coefficient (Wildman–Crippen LogP) is 5.80. The van der Waals surface area contributed by atoms with Crippen molar-refractivity contribution in [2.75, 3.05) is 13.7 Å². The molecule has 4 fully saturated rings. The van der Waals surface area contributed by atoms with E-state index in [1.54, 1.807) is 26.2 Å². The standard InChI is InChI=1S/C45H64O12/c1-9-24(2)39-27(5)17-18-44(57-39)22-33-20-32(56-44)16-13-26(4)38(54-36-21-35(50-8)40(29(7)52-36)55-42(47)30-14-15-30)25(3)11-10-12-31-23-51-41-37(46)28(6)19-34(43(48)53-33)45(31,41)49/h10-13,17-19,24-25,27,29-30,32-41,46,49H,9,14-16,20-23H2,1-8H3/t24-,25-,27-,29?,32+,33-,34-,35?,36?,37+,38-,39+,40?,41+,44?,45+/m0/s1. The van der Waals surface area contributed by atoms with Gasteiger partial charge in [-0.2, -0.15) is 0 Å². The maximum atomic E-state index is 14.3. The van der Waals surface area contributed by atoms with Crippen LogP contribution in [0.4, 0.5) is 0 Å². The molecule has 7 rings (SSSR count). The number of aliphatic hydroxyl groups excluding tert-OH is 1. The normalized spacial score (nSPS) is 44.4. The van der Waals surface area contributed by atoms with Gasteiger partial charge in [0.1, 0.15) is 35.9 Å². The second-order valence-corrected chi connectivity index (χ2v) is 17.8. The summed E-state index contributed by atoms with van der Waals surface area (Å²) in [6, 6.07) is 0. The molecule has 0 aromatic heterocycles. The second kappa shape index (κ2) is 17.1.